The molecule has 4 nitrogen and oxygen atoms in total. The third kappa shape index (κ3) is 2.24. The molecule has 1 aromatic rings. The van der Waals surface area contributed by atoms with Crippen LogP contribution in [0, 0.1) is 5.82 Å². The standard InChI is InChI=1S/C14H17FN2O2/c15-12-4-2-1-3-11(12)7-17-13(18)8-19-10-14(17)5-6-16-9-14/h1-4,16H,5-10H2. The van der Waals surface area contributed by atoms with Crippen molar-refractivity contribution in [1.29, 1.82) is 0 Å². The van der Waals surface area contributed by atoms with Gasteiger partial charge in [-0.25, -0.2) is 4.39 Å². The lowest BCUT2D eigenvalue weighted by molar-refractivity contribution is -0.157. The van der Waals surface area contributed by atoms with Gasteiger partial charge in [0.25, 0.3) is 0 Å². The molecule has 19 heavy (non-hydrogen) atoms. The summed E-state index contributed by atoms with van der Waals surface area (Å²) in [5.74, 6) is -0.318. The van der Waals surface area contributed by atoms with E-state index >= 15 is 0 Å². The predicted molar refractivity (Wildman–Crippen MR) is 68.0 cm³/mol. The van der Waals surface area contributed by atoms with Gasteiger partial charge in [0, 0.05) is 18.7 Å². The normalized spacial score (nSPS) is 27.2. The van der Waals surface area contributed by atoms with Crippen LogP contribution >= 0.6 is 0 Å². The second-order valence-corrected chi connectivity index (χ2v) is 5.22. The number of morpholine rings is 1. The maximum atomic E-state index is 13.8. The molecule has 102 valence electrons. The summed E-state index contributed by atoms with van der Waals surface area (Å²) in [5, 5.41) is 3.27. The fraction of sp³-hybridized carbons (Fsp3) is 0.500. The molecule has 2 aliphatic rings. The second-order valence-electron chi connectivity index (χ2n) is 5.22. The minimum Gasteiger partial charge on any atom is -0.369 e. The molecular formula is C14H17FN2O2. The van der Waals surface area contributed by atoms with Gasteiger partial charge >= 0.3 is 0 Å². The first-order valence-corrected chi connectivity index (χ1v) is 6.54. The molecular weight excluding hydrogens is 247 g/mol. The van der Waals surface area contributed by atoms with E-state index in [1.54, 1.807) is 23.1 Å². The minimum absolute atomic E-state index is 0.0572. The molecule has 2 heterocycles. The van der Waals surface area contributed by atoms with Gasteiger partial charge in [0.15, 0.2) is 0 Å². The Bertz CT molecular complexity index is 486. The van der Waals surface area contributed by atoms with Crippen LogP contribution in [0.4, 0.5) is 4.39 Å². The summed E-state index contributed by atoms with van der Waals surface area (Å²) in [7, 11) is 0. The van der Waals surface area contributed by atoms with E-state index in [-0.39, 0.29) is 23.9 Å². The number of benzene rings is 1. The molecule has 3 rings (SSSR count). The zero-order valence-corrected chi connectivity index (χ0v) is 10.7. The summed E-state index contributed by atoms with van der Waals surface area (Å²) in [6.07, 6.45) is 0.854. The van der Waals surface area contributed by atoms with Crippen LogP contribution in [0.3, 0.4) is 0 Å². The Morgan fingerprint density at radius 1 is 1.42 bits per heavy atom. The molecule has 0 radical (unpaired) electrons. The number of ether oxygens (including phenoxy) is 1. The van der Waals surface area contributed by atoms with Gasteiger partial charge in [-0.2, -0.15) is 0 Å². The lowest BCUT2D eigenvalue weighted by Crippen LogP contribution is -2.60. The smallest absolute Gasteiger partial charge is 0.249 e. The SMILES string of the molecule is O=C1COCC2(CCNC2)N1Cc1ccccc1F. The number of rotatable bonds is 2. The Morgan fingerprint density at radius 2 is 2.26 bits per heavy atom. The Labute approximate surface area is 111 Å². The van der Waals surface area contributed by atoms with E-state index in [1.165, 1.54) is 6.07 Å². The zero-order valence-electron chi connectivity index (χ0n) is 10.7. The maximum absolute atomic E-state index is 13.8. The van der Waals surface area contributed by atoms with Gasteiger partial charge in [0.2, 0.25) is 5.91 Å². The maximum Gasteiger partial charge on any atom is 0.249 e. The summed E-state index contributed by atoms with van der Waals surface area (Å²) in [6.45, 7) is 2.52. The van der Waals surface area contributed by atoms with Crippen LogP contribution in [-0.2, 0) is 16.1 Å². The average molecular weight is 264 g/mol. The lowest BCUT2D eigenvalue weighted by Gasteiger charge is -2.44. The molecule has 1 unspecified atom stereocenters. The second kappa shape index (κ2) is 4.90. The Balaban J connectivity index is 1.87. The molecule has 0 saturated carbocycles. The van der Waals surface area contributed by atoms with Gasteiger partial charge in [0.05, 0.1) is 12.1 Å². The highest BCUT2D eigenvalue weighted by molar-refractivity contribution is 5.79. The molecule has 1 amide bonds. The number of hydrogen-bond donors (Lipinski definition) is 1. The molecule has 1 N–H and O–H groups in total. The summed E-state index contributed by atoms with van der Waals surface area (Å²) in [5.41, 5.74) is 0.251. The molecule has 2 fully saturated rings. The van der Waals surface area contributed by atoms with Crippen LogP contribution in [0.15, 0.2) is 24.3 Å². The lowest BCUT2D eigenvalue weighted by atomic mass is 9.94. The molecule has 5 heteroatoms. The van der Waals surface area contributed by atoms with E-state index in [0.29, 0.717) is 25.3 Å². The van der Waals surface area contributed by atoms with Crippen LogP contribution in [0.2, 0.25) is 0 Å². The molecule has 1 spiro atoms. The zero-order chi connectivity index (χ0) is 13.3. The van der Waals surface area contributed by atoms with E-state index in [2.05, 4.69) is 5.32 Å². The molecule has 2 saturated heterocycles. The van der Waals surface area contributed by atoms with Crippen LogP contribution in [0.5, 0.6) is 0 Å². The van der Waals surface area contributed by atoms with Gasteiger partial charge in [-0.1, -0.05) is 18.2 Å². The van der Waals surface area contributed by atoms with E-state index < -0.39 is 0 Å². The van der Waals surface area contributed by atoms with Crippen LogP contribution in [0.1, 0.15) is 12.0 Å². The predicted octanol–water partition coefficient (Wildman–Crippen LogP) is 0.917. The summed E-state index contributed by atoms with van der Waals surface area (Å²) >= 11 is 0. The highest BCUT2D eigenvalue weighted by atomic mass is 19.1. The van der Waals surface area contributed by atoms with Gasteiger partial charge < -0.3 is 15.0 Å². The van der Waals surface area contributed by atoms with Crippen molar-refractivity contribution in [3.8, 4) is 0 Å². The van der Waals surface area contributed by atoms with Gasteiger partial charge in [-0.15, -0.1) is 0 Å². The first-order valence-electron chi connectivity index (χ1n) is 6.54. The van der Waals surface area contributed by atoms with E-state index in [1.807, 2.05) is 0 Å². The fourth-order valence-corrected chi connectivity index (χ4v) is 2.89. The topological polar surface area (TPSA) is 41.6 Å². The summed E-state index contributed by atoms with van der Waals surface area (Å²) in [4.78, 5) is 13.9. The van der Waals surface area contributed by atoms with Crippen molar-refractivity contribution >= 4 is 5.91 Å². The monoisotopic (exact) mass is 264 g/mol. The summed E-state index contributed by atoms with van der Waals surface area (Å²) < 4.78 is 19.2. The number of carbonyl (C=O) groups is 1. The van der Waals surface area contributed by atoms with E-state index in [0.717, 1.165) is 13.0 Å². The molecule has 2 aliphatic heterocycles. The van der Waals surface area contributed by atoms with Crippen molar-refractivity contribution in [2.75, 3.05) is 26.3 Å². The third-order valence-electron chi connectivity index (χ3n) is 3.98. The largest absolute Gasteiger partial charge is 0.369 e. The Kier molecular flexibility index (Phi) is 3.24. The van der Waals surface area contributed by atoms with Crippen molar-refractivity contribution in [2.24, 2.45) is 0 Å². The summed E-state index contributed by atoms with van der Waals surface area (Å²) in [6, 6.07) is 6.61. The van der Waals surface area contributed by atoms with Crippen LogP contribution < -0.4 is 5.32 Å². The molecule has 0 aromatic heterocycles. The average Bonchev–Trinajstić information content (AvgIpc) is 2.86. The van der Waals surface area contributed by atoms with Crippen molar-refractivity contribution in [3.63, 3.8) is 0 Å². The Hall–Kier alpha value is -1.46. The van der Waals surface area contributed by atoms with E-state index in [4.69, 9.17) is 4.74 Å². The number of nitrogens with one attached hydrogen (secondary N) is 1. The van der Waals surface area contributed by atoms with E-state index in [9.17, 15) is 9.18 Å². The number of halogens is 1. The fourth-order valence-electron chi connectivity index (χ4n) is 2.89. The first-order chi connectivity index (χ1) is 9.21. The number of nitrogens with zero attached hydrogens (tertiary/aromatic N) is 1. The van der Waals surface area contributed by atoms with Crippen LogP contribution in [-0.4, -0.2) is 42.6 Å². The number of hydrogen-bond acceptors (Lipinski definition) is 3. The van der Waals surface area contributed by atoms with Crippen molar-refractivity contribution < 1.29 is 13.9 Å². The first kappa shape index (κ1) is 12.6. The van der Waals surface area contributed by atoms with Crippen molar-refractivity contribution in [2.45, 2.75) is 18.5 Å². The molecule has 1 atom stereocenters. The molecule has 0 bridgehead atoms. The highest BCUT2D eigenvalue weighted by Crippen LogP contribution is 2.29. The number of amides is 1. The van der Waals surface area contributed by atoms with Gasteiger partial charge in [-0.05, 0) is 19.0 Å². The van der Waals surface area contributed by atoms with Crippen LogP contribution in [0.25, 0.3) is 0 Å². The number of carbonyl (C=O) groups excluding carboxylic acids is 1. The minimum atomic E-state index is -0.308. The Morgan fingerprint density at radius 3 is 3.00 bits per heavy atom. The van der Waals surface area contributed by atoms with Crippen molar-refractivity contribution in [3.05, 3.63) is 35.6 Å². The molecule has 0 aliphatic carbocycles. The molecule has 1 aromatic carbocycles. The van der Waals surface area contributed by atoms with Gasteiger partial charge in [0.1, 0.15) is 12.4 Å². The van der Waals surface area contributed by atoms with Crippen molar-refractivity contribution in [1.82, 2.24) is 10.2 Å². The quantitative estimate of drug-likeness (QED) is 0.863. The van der Waals surface area contributed by atoms with Gasteiger partial charge in [-0.3, -0.25) is 4.79 Å². The third-order valence-corrected chi connectivity index (χ3v) is 3.98. The highest BCUT2D eigenvalue weighted by Gasteiger charge is 2.45.